The quantitative estimate of drug-likeness (QED) is 0.703. The molecule has 0 saturated carbocycles. The van der Waals surface area contributed by atoms with Crippen molar-refractivity contribution in [3.8, 4) is 0 Å². The molecular weight excluding hydrogens is 379 g/mol. The van der Waals surface area contributed by atoms with Crippen molar-refractivity contribution >= 4 is 17.5 Å². The van der Waals surface area contributed by atoms with Gasteiger partial charge >= 0.3 is 0 Å². The number of fused-ring (bicyclic) bond motifs is 1. The first-order chi connectivity index (χ1) is 14.4. The largest absolute Gasteiger partial charge is 0.350 e. The summed E-state index contributed by atoms with van der Waals surface area (Å²) >= 11 is 0. The van der Waals surface area contributed by atoms with Crippen LogP contribution in [0.4, 0.5) is 10.1 Å². The van der Waals surface area contributed by atoms with Crippen LogP contribution in [-0.4, -0.2) is 17.4 Å². The standard InChI is InChI=1S/C25H23FN2O2/c1-17-7-3-4-9-19(17)16-27-24(30)25(2)15-18-8-5-6-10-22(18)23(29)28(25)21-13-11-20(26)12-14-21/h3-14H,15-16H2,1-2H3,(H,27,30)/t25-/m0/s1. The summed E-state index contributed by atoms with van der Waals surface area (Å²) in [6, 6.07) is 20.8. The molecule has 1 N–H and O–H groups in total. The van der Waals surface area contributed by atoms with Crippen LogP contribution in [0.15, 0.2) is 72.8 Å². The molecule has 3 aromatic rings. The van der Waals surface area contributed by atoms with E-state index < -0.39 is 11.4 Å². The number of carbonyl (C=O) groups is 2. The topological polar surface area (TPSA) is 49.4 Å². The highest BCUT2D eigenvalue weighted by atomic mass is 19.1. The van der Waals surface area contributed by atoms with Crippen molar-refractivity contribution < 1.29 is 14.0 Å². The van der Waals surface area contributed by atoms with E-state index in [0.29, 0.717) is 24.2 Å². The van der Waals surface area contributed by atoms with Crippen LogP contribution in [0.25, 0.3) is 0 Å². The normalized spacial score (nSPS) is 18.1. The van der Waals surface area contributed by atoms with Gasteiger partial charge in [-0.25, -0.2) is 4.39 Å². The predicted molar refractivity (Wildman–Crippen MR) is 115 cm³/mol. The van der Waals surface area contributed by atoms with Crippen molar-refractivity contribution in [1.29, 1.82) is 0 Å². The average molecular weight is 402 g/mol. The maximum Gasteiger partial charge on any atom is 0.259 e. The molecule has 5 heteroatoms. The molecule has 0 bridgehead atoms. The van der Waals surface area contributed by atoms with E-state index in [4.69, 9.17) is 0 Å². The van der Waals surface area contributed by atoms with Crippen molar-refractivity contribution in [1.82, 2.24) is 5.32 Å². The zero-order valence-electron chi connectivity index (χ0n) is 17.0. The average Bonchev–Trinajstić information content (AvgIpc) is 2.74. The fourth-order valence-corrected chi connectivity index (χ4v) is 4.03. The lowest BCUT2D eigenvalue weighted by molar-refractivity contribution is -0.126. The molecule has 0 radical (unpaired) electrons. The van der Waals surface area contributed by atoms with Gasteiger partial charge in [-0.2, -0.15) is 0 Å². The molecule has 0 aromatic heterocycles. The summed E-state index contributed by atoms with van der Waals surface area (Å²) < 4.78 is 13.5. The van der Waals surface area contributed by atoms with Gasteiger partial charge in [-0.3, -0.25) is 14.5 Å². The molecule has 1 aliphatic rings. The van der Waals surface area contributed by atoms with Crippen LogP contribution < -0.4 is 10.2 Å². The van der Waals surface area contributed by atoms with E-state index in [2.05, 4.69) is 5.32 Å². The SMILES string of the molecule is Cc1ccccc1CNC(=O)[C@]1(C)Cc2ccccc2C(=O)N1c1ccc(F)cc1. The van der Waals surface area contributed by atoms with E-state index in [0.717, 1.165) is 16.7 Å². The number of nitrogens with zero attached hydrogens (tertiary/aromatic N) is 1. The molecule has 0 fully saturated rings. The Balaban J connectivity index is 1.71. The predicted octanol–water partition coefficient (Wildman–Crippen LogP) is 4.41. The van der Waals surface area contributed by atoms with Gasteiger partial charge in [-0.05, 0) is 60.9 Å². The van der Waals surface area contributed by atoms with Gasteiger partial charge in [-0.1, -0.05) is 42.5 Å². The minimum Gasteiger partial charge on any atom is -0.350 e. The van der Waals surface area contributed by atoms with E-state index in [9.17, 15) is 14.0 Å². The van der Waals surface area contributed by atoms with Crippen LogP contribution >= 0.6 is 0 Å². The maximum absolute atomic E-state index is 13.5. The number of nitrogens with one attached hydrogen (secondary N) is 1. The fraction of sp³-hybridized carbons (Fsp3) is 0.200. The van der Waals surface area contributed by atoms with Gasteiger partial charge in [0.05, 0.1) is 0 Å². The summed E-state index contributed by atoms with van der Waals surface area (Å²) in [5.41, 5.74) is 2.84. The molecule has 0 aliphatic carbocycles. The van der Waals surface area contributed by atoms with Crippen LogP contribution in [0, 0.1) is 12.7 Å². The van der Waals surface area contributed by atoms with Crippen LogP contribution in [0.2, 0.25) is 0 Å². The number of hydrogen-bond acceptors (Lipinski definition) is 2. The Morgan fingerprint density at radius 1 is 1.03 bits per heavy atom. The lowest BCUT2D eigenvalue weighted by atomic mass is 9.82. The molecular formula is C25H23FN2O2. The number of benzene rings is 3. The van der Waals surface area contributed by atoms with E-state index >= 15 is 0 Å². The highest BCUT2D eigenvalue weighted by molar-refractivity contribution is 6.14. The van der Waals surface area contributed by atoms with Crippen molar-refractivity contribution in [3.63, 3.8) is 0 Å². The molecule has 2 amide bonds. The van der Waals surface area contributed by atoms with E-state index in [1.807, 2.05) is 43.3 Å². The number of aryl methyl sites for hydroxylation is 1. The molecule has 1 atom stereocenters. The summed E-state index contributed by atoms with van der Waals surface area (Å²) in [6.45, 7) is 4.12. The third-order valence-electron chi connectivity index (χ3n) is 5.75. The first-order valence-corrected chi connectivity index (χ1v) is 9.91. The van der Waals surface area contributed by atoms with Crippen molar-refractivity contribution in [2.75, 3.05) is 4.90 Å². The number of halogens is 1. The van der Waals surface area contributed by atoms with Crippen molar-refractivity contribution in [2.24, 2.45) is 0 Å². The monoisotopic (exact) mass is 402 g/mol. The van der Waals surface area contributed by atoms with Gasteiger partial charge in [0.15, 0.2) is 0 Å². The summed E-state index contributed by atoms with van der Waals surface area (Å²) in [4.78, 5) is 28.3. The minimum atomic E-state index is -1.15. The Hall–Kier alpha value is -3.47. The molecule has 152 valence electrons. The Morgan fingerprint density at radius 3 is 2.43 bits per heavy atom. The van der Waals surface area contributed by atoms with E-state index in [1.54, 1.807) is 19.1 Å². The molecule has 0 unspecified atom stereocenters. The van der Waals surface area contributed by atoms with Gasteiger partial charge in [0.25, 0.3) is 5.91 Å². The van der Waals surface area contributed by atoms with Gasteiger partial charge in [0, 0.05) is 24.2 Å². The third kappa shape index (κ3) is 3.47. The number of carbonyl (C=O) groups excluding carboxylic acids is 2. The summed E-state index contributed by atoms with van der Waals surface area (Å²) in [5, 5.41) is 3.01. The molecule has 4 nitrogen and oxygen atoms in total. The van der Waals surface area contributed by atoms with Gasteiger partial charge in [-0.15, -0.1) is 0 Å². The maximum atomic E-state index is 13.5. The summed E-state index contributed by atoms with van der Waals surface area (Å²) in [7, 11) is 0. The highest BCUT2D eigenvalue weighted by Gasteiger charge is 2.47. The Labute approximate surface area is 175 Å². The third-order valence-corrected chi connectivity index (χ3v) is 5.75. The molecule has 3 aromatic carbocycles. The first-order valence-electron chi connectivity index (χ1n) is 9.91. The number of hydrogen-bond donors (Lipinski definition) is 1. The van der Waals surface area contributed by atoms with Crippen LogP contribution in [-0.2, 0) is 17.8 Å². The molecule has 0 spiro atoms. The zero-order valence-corrected chi connectivity index (χ0v) is 17.0. The van der Waals surface area contributed by atoms with Crippen molar-refractivity contribution in [2.45, 2.75) is 32.4 Å². The molecule has 0 saturated heterocycles. The van der Waals surface area contributed by atoms with Crippen molar-refractivity contribution in [3.05, 3.63) is 101 Å². The summed E-state index contributed by atoms with van der Waals surface area (Å²) in [6.07, 6.45) is 0.367. The molecule has 1 aliphatic heterocycles. The minimum absolute atomic E-state index is 0.252. The first kappa shape index (κ1) is 19.8. The number of anilines is 1. The van der Waals surface area contributed by atoms with Crippen LogP contribution in [0.1, 0.15) is 34.0 Å². The second-order valence-electron chi connectivity index (χ2n) is 7.83. The number of amides is 2. The highest BCUT2D eigenvalue weighted by Crippen LogP contribution is 2.35. The Kier molecular flexibility index (Phi) is 5.12. The van der Waals surface area contributed by atoms with Gasteiger partial charge in [0.1, 0.15) is 11.4 Å². The number of rotatable bonds is 4. The van der Waals surface area contributed by atoms with E-state index in [1.165, 1.54) is 29.2 Å². The Bertz CT molecular complexity index is 1110. The molecule has 1 heterocycles. The summed E-state index contributed by atoms with van der Waals surface area (Å²) in [5.74, 6) is -0.913. The van der Waals surface area contributed by atoms with Crippen LogP contribution in [0.3, 0.4) is 0 Å². The van der Waals surface area contributed by atoms with Crippen LogP contribution in [0.5, 0.6) is 0 Å². The Morgan fingerprint density at radius 2 is 1.70 bits per heavy atom. The van der Waals surface area contributed by atoms with Gasteiger partial charge < -0.3 is 5.32 Å². The molecule has 4 rings (SSSR count). The van der Waals surface area contributed by atoms with Gasteiger partial charge in [0.2, 0.25) is 5.91 Å². The zero-order chi connectivity index (χ0) is 21.3. The smallest absolute Gasteiger partial charge is 0.259 e. The lowest BCUT2D eigenvalue weighted by Crippen LogP contribution is -2.63. The fourth-order valence-electron chi connectivity index (χ4n) is 4.03. The second-order valence-corrected chi connectivity index (χ2v) is 7.83. The molecule has 30 heavy (non-hydrogen) atoms. The lowest BCUT2D eigenvalue weighted by Gasteiger charge is -2.44. The van der Waals surface area contributed by atoms with E-state index in [-0.39, 0.29) is 11.8 Å². The second kappa shape index (κ2) is 7.75.